The predicted octanol–water partition coefficient (Wildman–Crippen LogP) is 3.87. The summed E-state index contributed by atoms with van der Waals surface area (Å²) < 4.78 is 5.72. The van der Waals surface area contributed by atoms with Gasteiger partial charge >= 0.3 is 0 Å². The summed E-state index contributed by atoms with van der Waals surface area (Å²) in [5, 5.41) is 4.21. The van der Waals surface area contributed by atoms with Gasteiger partial charge in [0, 0.05) is 10.9 Å². The summed E-state index contributed by atoms with van der Waals surface area (Å²) in [7, 11) is 0. The molecule has 1 N–H and O–H groups in total. The highest BCUT2D eigenvalue weighted by Gasteiger charge is 2.25. The fraction of sp³-hybridized carbons (Fsp3) is 0.375. The molecule has 1 amide bonds. The Morgan fingerprint density at radius 3 is 2.68 bits per heavy atom. The van der Waals surface area contributed by atoms with E-state index in [2.05, 4.69) is 10.3 Å². The fourth-order valence-electron chi connectivity index (χ4n) is 1.89. The van der Waals surface area contributed by atoms with Gasteiger partial charge in [-0.3, -0.25) is 4.79 Å². The molecule has 1 aromatic carbocycles. The van der Waals surface area contributed by atoms with E-state index in [1.807, 2.05) is 51.3 Å². The Morgan fingerprint density at radius 2 is 2.05 bits per heavy atom. The second-order valence-corrected chi connectivity index (χ2v) is 7.20. The number of aromatic nitrogens is 1. The lowest BCUT2D eigenvalue weighted by molar-refractivity contribution is -0.126. The maximum atomic E-state index is 12.2. The average molecular weight is 339 g/mol. The molecule has 1 unspecified atom stereocenters. The van der Waals surface area contributed by atoms with E-state index in [4.69, 9.17) is 16.3 Å². The number of carbonyl (C=O) groups is 1. The van der Waals surface area contributed by atoms with Crippen LogP contribution in [0.25, 0.3) is 10.9 Å². The van der Waals surface area contributed by atoms with Gasteiger partial charge < -0.3 is 10.1 Å². The minimum Gasteiger partial charge on any atom is -0.452 e. The molecule has 6 heteroatoms. The molecule has 0 saturated heterocycles. The Bertz CT molecular complexity index is 685. The van der Waals surface area contributed by atoms with Crippen LogP contribution in [0, 0.1) is 0 Å². The van der Waals surface area contributed by atoms with Crippen LogP contribution in [0.2, 0.25) is 5.02 Å². The number of hydrogen-bond donors (Lipinski definition) is 1. The summed E-state index contributed by atoms with van der Waals surface area (Å²) in [6.45, 7) is 5.76. The van der Waals surface area contributed by atoms with Crippen molar-refractivity contribution in [3.8, 4) is 5.88 Å². The Labute approximate surface area is 139 Å². The molecule has 1 atom stereocenters. The van der Waals surface area contributed by atoms with Crippen molar-refractivity contribution < 1.29 is 9.53 Å². The molecule has 118 valence electrons. The molecule has 22 heavy (non-hydrogen) atoms. The van der Waals surface area contributed by atoms with Crippen LogP contribution in [0.4, 0.5) is 0 Å². The molecule has 0 radical (unpaired) electrons. The number of pyridine rings is 1. The van der Waals surface area contributed by atoms with Gasteiger partial charge in [-0.2, -0.15) is 0 Å². The van der Waals surface area contributed by atoms with E-state index in [1.54, 1.807) is 6.07 Å². The van der Waals surface area contributed by atoms with Gasteiger partial charge in [-0.05, 0) is 39.2 Å². The first kappa shape index (κ1) is 16.9. The zero-order chi connectivity index (χ0) is 16.3. The molecule has 1 aromatic heterocycles. The van der Waals surface area contributed by atoms with Crippen LogP contribution < -0.4 is 10.1 Å². The van der Waals surface area contributed by atoms with Crippen LogP contribution in [0.3, 0.4) is 0 Å². The van der Waals surface area contributed by atoms with Crippen molar-refractivity contribution >= 4 is 40.2 Å². The number of para-hydroxylation sites is 1. The van der Waals surface area contributed by atoms with Crippen molar-refractivity contribution in [1.29, 1.82) is 0 Å². The van der Waals surface area contributed by atoms with Crippen LogP contribution in [0.15, 0.2) is 30.3 Å². The Balaban J connectivity index is 2.24. The minimum atomic E-state index is -0.703. The van der Waals surface area contributed by atoms with Crippen LogP contribution in [0.5, 0.6) is 5.88 Å². The first-order valence-corrected chi connectivity index (χ1v) is 8.53. The molecule has 0 fully saturated rings. The SMILES string of the molecule is CSC(Oc1nc2ccccc2cc1Cl)C(=O)NC(C)(C)C. The van der Waals surface area contributed by atoms with Crippen molar-refractivity contribution in [3.05, 3.63) is 35.4 Å². The second-order valence-electron chi connectivity index (χ2n) is 5.89. The third-order valence-electron chi connectivity index (χ3n) is 2.79. The highest BCUT2D eigenvalue weighted by molar-refractivity contribution is 7.99. The number of nitrogens with one attached hydrogen (secondary N) is 1. The zero-order valence-electron chi connectivity index (χ0n) is 13.0. The normalized spacial score (nSPS) is 13.0. The van der Waals surface area contributed by atoms with E-state index < -0.39 is 5.44 Å². The van der Waals surface area contributed by atoms with Crippen LogP contribution in [-0.4, -0.2) is 28.1 Å². The van der Waals surface area contributed by atoms with Crippen molar-refractivity contribution in [3.63, 3.8) is 0 Å². The van der Waals surface area contributed by atoms with Gasteiger partial charge in [0.15, 0.2) is 0 Å². The number of ether oxygens (including phenoxy) is 1. The van der Waals surface area contributed by atoms with Crippen LogP contribution in [0.1, 0.15) is 20.8 Å². The van der Waals surface area contributed by atoms with Gasteiger partial charge in [-0.15, -0.1) is 11.8 Å². The first-order valence-electron chi connectivity index (χ1n) is 6.87. The highest BCUT2D eigenvalue weighted by Crippen LogP contribution is 2.28. The van der Waals surface area contributed by atoms with Crippen LogP contribution in [-0.2, 0) is 4.79 Å². The quantitative estimate of drug-likeness (QED) is 0.860. The summed E-state index contributed by atoms with van der Waals surface area (Å²) in [6.07, 6.45) is 1.81. The van der Waals surface area contributed by atoms with Crippen molar-refractivity contribution in [2.45, 2.75) is 31.7 Å². The molecule has 0 aliphatic heterocycles. The van der Waals surface area contributed by atoms with E-state index in [1.165, 1.54) is 11.8 Å². The molecular weight excluding hydrogens is 320 g/mol. The topological polar surface area (TPSA) is 51.2 Å². The monoisotopic (exact) mass is 338 g/mol. The standard InChI is InChI=1S/C16H19ClN2O2S/c1-16(2,3)19-13(20)15(22-4)21-14-11(17)9-10-7-5-6-8-12(10)18-14/h5-9,15H,1-4H3,(H,19,20). The molecule has 1 heterocycles. The first-order chi connectivity index (χ1) is 10.3. The van der Waals surface area contributed by atoms with Crippen LogP contribution >= 0.6 is 23.4 Å². The molecule has 0 aliphatic rings. The number of carbonyl (C=O) groups excluding carboxylic acids is 1. The maximum Gasteiger partial charge on any atom is 0.272 e. The molecule has 0 spiro atoms. The molecule has 0 bridgehead atoms. The summed E-state index contributed by atoms with van der Waals surface area (Å²) in [4.78, 5) is 16.6. The Kier molecular flexibility index (Phi) is 5.19. The smallest absolute Gasteiger partial charge is 0.272 e. The molecular formula is C16H19ClN2O2S. The molecule has 0 saturated carbocycles. The molecule has 2 rings (SSSR count). The second kappa shape index (κ2) is 6.75. The summed E-state index contributed by atoms with van der Waals surface area (Å²) >= 11 is 7.51. The van der Waals surface area contributed by atoms with E-state index >= 15 is 0 Å². The molecule has 4 nitrogen and oxygen atoms in total. The Morgan fingerprint density at radius 1 is 1.36 bits per heavy atom. The van der Waals surface area contributed by atoms with E-state index in [9.17, 15) is 4.79 Å². The number of amides is 1. The summed E-state index contributed by atoms with van der Waals surface area (Å²) in [5.74, 6) is 0.0646. The number of halogens is 1. The largest absolute Gasteiger partial charge is 0.452 e. The zero-order valence-corrected chi connectivity index (χ0v) is 14.6. The van der Waals surface area contributed by atoms with E-state index in [-0.39, 0.29) is 17.3 Å². The van der Waals surface area contributed by atoms with Crippen molar-refractivity contribution in [2.75, 3.05) is 6.26 Å². The van der Waals surface area contributed by atoms with Gasteiger partial charge in [-0.1, -0.05) is 29.8 Å². The lowest BCUT2D eigenvalue weighted by Crippen LogP contribution is -2.46. The van der Waals surface area contributed by atoms with Gasteiger partial charge in [-0.25, -0.2) is 4.98 Å². The summed E-state index contributed by atoms with van der Waals surface area (Å²) in [5.41, 5.74) is -0.252. The van der Waals surface area contributed by atoms with Gasteiger partial charge in [0.25, 0.3) is 5.91 Å². The summed E-state index contributed by atoms with van der Waals surface area (Å²) in [6, 6.07) is 9.41. The van der Waals surface area contributed by atoms with E-state index in [0.29, 0.717) is 5.02 Å². The highest BCUT2D eigenvalue weighted by atomic mass is 35.5. The molecule has 2 aromatic rings. The maximum absolute atomic E-state index is 12.2. The van der Waals surface area contributed by atoms with Gasteiger partial charge in [0.05, 0.1) is 5.52 Å². The number of fused-ring (bicyclic) bond motifs is 1. The number of rotatable bonds is 4. The number of benzene rings is 1. The lowest BCUT2D eigenvalue weighted by Gasteiger charge is -2.24. The minimum absolute atomic E-state index is 0.203. The van der Waals surface area contributed by atoms with Gasteiger partial charge in [0.2, 0.25) is 11.3 Å². The third-order valence-corrected chi connectivity index (χ3v) is 3.80. The fourth-order valence-corrected chi connectivity index (χ4v) is 2.56. The van der Waals surface area contributed by atoms with Crippen molar-refractivity contribution in [1.82, 2.24) is 10.3 Å². The Hall–Kier alpha value is -1.46. The number of thioether (sulfide) groups is 1. The predicted molar refractivity (Wildman–Crippen MR) is 92.6 cm³/mol. The average Bonchev–Trinajstić information content (AvgIpc) is 2.43. The number of hydrogen-bond acceptors (Lipinski definition) is 4. The molecule has 0 aliphatic carbocycles. The van der Waals surface area contributed by atoms with Crippen molar-refractivity contribution in [2.24, 2.45) is 0 Å². The number of nitrogens with zero attached hydrogens (tertiary/aromatic N) is 1. The van der Waals surface area contributed by atoms with E-state index in [0.717, 1.165) is 10.9 Å². The van der Waals surface area contributed by atoms with Gasteiger partial charge in [0.1, 0.15) is 5.02 Å². The lowest BCUT2D eigenvalue weighted by atomic mass is 10.1. The third kappa shape index (κ3) is 4.27.